The van der Waals surface area contributed by atoms with E-state index in [1.165, 1.54) is 12.5 Å². The molecule has 2 N–H and O–H groups in total. The number of amides is 1. The van der Waals surface area contributed by atoms with Gasteiger partial charge in [-0.25, -0.2) is 4.68 Å². The number of aliphatic hydroxyl groups excluding tert-OH is 1. The van der Waals surface area contributed by atoms with Gasteiger partial charge in [0.15, 0.2) is 0 Å². The lowest BCUT2D eigenvalue weighted by Gasteiger charge is -2.06. The van der Waals surface area contributed by atoms with Gasteiger partial charge in [-0.1, -0.05) is 24.3 Å². The molecule has 6 heteroatoms. The smallest absolute Gasteiger partial charge is 0.260 e. The first-order chi connectivity index (χ1) is 11.2. The monoisotopic (exact) mass is 311 g/mol. The number of aromatic nitrogens is 2. The number of furan rings is 1. The van der Waals surface area contributed by atoms with Gasteiger partial charge < -0.3 is 14.8 Å². The molecule has 0 spiro atoms. The molecule has 0 fully saturated rings. The van der Waals surface area contributed by atoms with Crippen LogP contribution in [0.3, 0.4) is 0 Å². The molecule has 6 nitrogen and oxygen atoms in total. The normalized spacial score (nSPS) is 10.7. The first-order valence-corrected chi connectivity index (χ1v) is 7.27. The third-order valence-corrected chi connectivity index (χ3v) is 3.54. The first-order valence-electron chi connectivity index (χ1n) is 7.27. The van der Waals surface area contributed by atoms with Crippen molar-refractivity contribution < 1.29 is 14.3 Å². The van der Waals surface area contributed by atoms with Crippen molar-refractivity contribution in [1.82, 2.24) is 9.78 Å². The number of hydrogen-bond donors (Lipinski definition) is 2. The molecule has 2 heterocycles. The number of carbonyl (C=O) groups excluding carboxylic acids is 1. The number of anilines is 1. The van der Waals surface area contributed by atoms with Gasteiger partial charge in [-0.15, -0.1) is 0 Å². The molecule has 1 amide bonds. The Morgan fingerprint density at radius 1 is 1.35 bits per heavy atom. The molecule has 3 aromatic rings. The van der Waals surface area contributed by atoms with Crippen molar-refractivity contribution in [3.63, 3.8) is 0 Å². The molecule has 0 aliphatic heterocycles. The lowest BCUT2D eigenvalue weighted by Crippen LogP contribution is -2.16. The highest BCUT2D eigenvalue weighted by Gasteiger charge is 2.14. The Balaban J connectivity index is 1.93. The number of rotatable bonds is 5. The lowest BCUT2D eigenvalue weighted by atomic mass is 10.1. The third kappa shape index (κ3) is 3.17. The zero-order chi connectivity index (χ0) is 16.2. The number of nitrogens with one attached hydrogen (secondary N) is 1. The molecule has 0 atom stereocenters. The quantitative estimate of drug-likeness (QED) is 0.759. The summed E-state index contributed by atoms with van der Waals surface area (Å²) in [4.78, 5) is 12.2. The predicted molar refractivity (Wildman–Crippen MR) is 86.1 cm³/mol. The molecule has 0 radical (unpaired) electrons. The average molecular weight is 311 g/mol. The van der Waals surface area contributed by atoms with Crippen LogP contribution in [0, 0.1) is 6.92 Å². The van der Waals surface area contributed by atoms with Gasteiger partial charge in [-0.2, -0.15) is 5.10 Å². The minimum Gasteiger partial charge on any atom is -0.472 e. The van der Waals surface area contributed by atoms with Gasteiger partial charge in [0.05, 0.1) is 30.7 Å². The zero-order valence-electron chi connectivity index (χ0n) is 12.7. The van der Waals surface area contributed by atoms with Gasteiger partial charge in [-0.05, 0) is 18.6 Å². The van der Waals surface area contributed by atoms with Crippen molar-refractivity contribution in [2.75, 3.05) is 11.9 Å². The summed E-state index contributed by atoms with van der Waals surface area (Å²) >= 11 is 0. The molecular weight excluding hydrogens is 294 g/mol. The Bertz CT molecular complexity index is 806. The van der Waals surface area contributed by atoms with Crippen LogP contribution in [-0.4, -0.2) is 27.4 Å². The Morgan fingerprint density at radius 2 is 2.17 bits per heavy atom. The molecule has 0 aliphatic carbocycles. The highest BCUT2D eigenvalue weighted by molar-refractivity contribution is 6.03. The molecule has 118 valence electrons. The zero-order valence-corrected chi connectivity index (χ0v) is 12.7. The Hall–Kier alpha value is -2.86. The summed E-state index contributed by atoms with van der Waals surface area (Å²) in [5, 5.41) is 16.5. The fraction of sp³-hybridized carbons (Fsp3) is 0.176. The minimum absolute atomic E-state index is 0.0660. The highest BCUT2D eigenvalue weighted by atomic mass is 16.3. The van der Waals surface area contributed by atoms with Crippen LogP contribution in [0.2, 0.25) is 0 Å². The number of hydrogen-bond acceptors (Lipinski definition) is 4. The third-order valence-electron chi connectivity index (χ3n) is 3.54. The van der Waals surface area contributed by atoms with Crippen molar-refractivity contribution in [1.29, 1.82) is 0 Å². The second kappa shape index (κ2) is 6.50. The number of aliphatic hydroxyl groups is 1. The maximum absolute atomic E-state index is 12.2. The highest BCUT2D eigenvalue weighted by Crippen LogP contribution is 2.25. The van der Waals surface area contributed by atoms with Gasteiger partial charge in [0.25, 0.3) is 5.91 Å². The minimum atomic E-state index is -0.283. The summed E-state index contributed by atoms with van der Waals surface area (Å²) in [6.45, 7) is 2.24. The van der Waals surface area contributed by atoms with E-state index < -0.39 is 0 Å². The molecule has 23 heavy (non-hydrogen) atoms. The fourth-order valence-corrected chi connectivity index (χ4v) is 2.36. The van der Waals surface area contributed by atoms with Crippen LogP contribution < -0.4 is 5.32 Å². The van der Waals surface area contributed by atoms with E-state index in [0.29, 0.717) is 17.9 Å². The van der Waals surface area contributed by atoms with E-state index in [4.69, 9.17) is 4.42 Å². The van der Waals surface area contributed by atoms with E-state index >= 15 is 0 Å². The molecule has 0 aliphatic rings. The predicted octanol–water partition coefficient (Wildman–Crippen LogP) is 2.70. The van der Waals surface area contributed by atoms with Gasteiger partial charge >= 0.3 is 0 Å². The number of nitrogens with zero attached hydrogens (tertiary/aromatic N) is 2. The van der Waals surface area contributed by atoms with Crippen LogP contribution in [0.4, 0.5) is 5.82 Å². The summed E-state index contributed by atoms with van der Waals surface area (Å²) in [7, 11) is 0. The van der Waals surface area contributed by atoms with Crippen molar-refractivity contribution in [3.05, 3.63) is 60.1 Å². The van der Waals surface area contributed by atoms with E-state index in [1.807, 2.05) is 31.2 Å². The topological polar surface area (TPSA) is 80.3 Å². The SMILES string of the molecule is Cc1ccccc1-c1cc(NC(=O)c2ccoc2)n(CCO)n1. The Labute approximate surface area is 133 Å². The van der Waals surface area contributed by atoms with Crippen LogP contribution >= 0.6 is 0 Å². The van der Waals surface area contributed by atoms with Crippen LogP contribution in [0.1, 0.15) is 15.9 Å². The van der Waals surface area contributed by atoms with E-state index in [9.17, 15) is 9.90 Å². The molecule has 0 unspecified atom stereocenters. The number of aryl methyl sites for hydroxylation is 1. The van der Waals surface area contributed by atoms with Crippen LogP contribution in [-0.2, 0) is 6.54 Å². The van der Waals surface area contributed by atoms with Crippen molar-refractivity contribution in [3.8, 4) is 11.3 Å². The van der Waals surface area contributed by atoms with Gasteiger partial charge in [0.1, 0.15) is 12.1 Å². The summed E-state index contributed by atoms with van der Waals surface area (Å²) in [5.74, 6) is 0.248. The second-order valence-corrected chi connectivity index (χ2v) is 5.14. The molecular formula is C17H17N3O3. The fourth-order valence-electron chi connectivity index (χ4n) is 2.36. The first kappa shape index (κ1) is 15.1. The van der Waals surface area contributed by atoms with Crippen LogP contribution in [0.25, 0.3) is 11.3 Å². The van der Waals surface area contributed by atoms with E-state index in [1.54, 1.807) is 16.8 Å². The van der Waals surface area contributed by atoms with E-state index in [-0.39, 0.29) is 12.5 Å². The molecule has 0 bridgehead atoms. The number of benzene rings is 1. The largest absolute Gasteiger partial charge is 0.472 e. The molecule has 3 rings (SSSR count). The molecule has 0 saturated carbocycles. The maximum Gasteiger partial charge on any atom is 0.260 e. The molecule has 2 aromatic heterocycles. The summed E-state index contributed by atoms with van der Waals surface area (Å²) in [6.07, 6.45) is 2.82. The van der Waals surface area contributed by atoms with Crippen LogP contribution in [0.5, 0.6) is 0 Å². The maximum atomic E-state index is 12.2. The lowest BCUT2D eigenvalue weighted by molar-refractivity contribution is 0.102. The Morgan fingerprint density at radius 3 is 2.87 bits per heavy atom. The van der Waals surface area contributed by atoms with Crippen molar-refractivity contribution in [2.24, 2.45) is 0 Å². The second-order valence-electron chi connectivity index (χ2n) is 5.14. The van der Waals surface area contributed by atoms with Gasteiger partial charge in [0, 0.05) is 11.6 Å². The summed E-state index contributed by atoms with van der Waals surface area (Å²) < 4.78 is 6.50. The van der Waals surface area contributed by atoms with Gasteiger partial charge in [0.2, 0.25) is 0 Å². The molecule has 0 saturated heterocycles. The molecule has 1 aromatic carbocycles. The standard InChI is InChI=1S/C17H17N3O3/c1-12-4-2-3-5-14(12)15-10-16(20(19-15)7-8-21)18-17(22)13-6-9-23-11-13/h2-6,9-11,21H,7-8H2,1H3,(H,18,22). The Kier molecular flexibility index (Phi) is 4.25. The van der Waals surface area contributed by atoms with Crippen LogP contribution in [0.15, 0.2) is 53.3 Å². The van der Waals surface area contributed by atoms with E-state index in [0.717, 1.165) is 16.8 Å². The average Bonchev–Trinajstić information content (AvgIpc) is 3.19. The number of carbonyl (C=O) groups is 1. The summed E-state index contributed by atoms with van der Waals surface area (Å²) in [5.41, 5.74) is 3.26. The van der Waals surface area contributed by atoms with Crippen molar-refractivity contribution >= 4 is 11.7 Å². The van der Waals surface area contributed by atoms with Crippen molar-refractivity contribution in [2.45, 2.75) is 13.5 Å². The van der Waals surface area contributed by atoms with Gasteiger partial charge in [-0.3, -0.25) is 4.79 Å². The van der Waals surface area contributed by atoms with E-state index in [2.05, 4.69) is 10.4 Å². The summed E-state index contributed by atoms with van der Waals surface area (Å²) in [6, 6.07) is 11.3.